The molecule has 10 heteroatoms. The summed E-state index contributed by atoms with van der Waals surface area (Å²) in [6.07, 6.45) is 1.06. The second-order valence-corrected chi connectivity index (χ2v) is 9.52. The standard InChI is InChI=1S/C22H22Cl3FN2O4/c1-21(27-19(29)9-31-13-3-5-15(23)17(25)7-13)11-22(2,12-21)28-20(30)10-32-14-4-6-16(24)18(26)8-14/h3-8H,9-12H2,1-2H3,(H,27,29)(H,28,30). The number of nitrogens with one attached hydrogen (secondary N) is 2. The van der Waals surface area contributed by atoms with Gasteiger partial charge in [-0.05, 0) is 51.0 Å². The first-order chi connectivity index (χ1) is 15.0. The van der Waals surface area contributed by atoms with Crippen molar-refractivity contribution in [3.05, 3.63) is 57.3 Å². The summed E-state index contributed by atoms with van der Waals surface area (Å²) in [4.78, 5) is 24.5. The number of carbonyl (C=O) groups is 2. The molecule has 0 aliphatic heterocycles. The van der Waals surface area contributed by atoms with Gasteiger partial charge in [-0.2, -0.15) is 0 Å². The molecule has 1 aliphatic carbocycles. The average molecular weight is 504 g/mol. The van der Waals surface area contributed by atoms with E-state index in [2.05, 4.69) is 10.6 Å². The van der Waals surface area contributed by atoms with E-state index in [9.17, 15) is 14.0 Å². The average Bonchev–Trinajstić information content (AvgIpc) is 2.68. The van der Waals surface area contributed by atoms with Crippen LogP contribution in [-0.2, 0) is 9.59 Å². The SMILES string of the molecule is CC1(NC(=O)COc2ccc(Cl)c(F)c2)CC(C)(NC(=O)COc2ccc(Cl)c(Cl)c2)C1. The summed E-state index contributed by atoms with van der Waals surface area (Å²) < 4.78 is 24.2. The Hall–Kier alpha value is -2.22. The summed E-state index contributed by atoms with van der Waals surface area (Å²) in [5, 5.41) is 6.54. The van der Waals surface area contributed by atoms with Gasteiger partial charge in [0.2, 0.25) is 0 Å². The molecule has 1 saturated carbocycles. The van der Waals surface area contributed by atoms with Gasteiger partial charge >= 0.3 is 0 Å². The molecule has 2 aromatic carbocycles. The van der Waals surface area contributed by atoms with Gasteiger partial charge in [0, 0.05) is 23.2 Å². The van der Waals surface area contributed by atoms with Gasteiger partial charge in [0.1, 0.15) is 17.3 Å². The van der Waals surface area contributed by atoms with Gasteiger partial charge in [-0.1, -0.05) is 34.8 Å². The number of hydrogen-bond donors (Lipinski definition) is 2. The molecule has 172 valence electrons. The Bertz CT molecular complexity index is 949. The lowest BCUT2D eigenvalue weighted by Crippen LogP contribution is -2.69. The van der Waals surface area contributed by atoms with Gasteiger partial charge in [0.25, 0.3) is 11.8 Å². The van der Waals surface area contributed by atoms with E-state index in [0.29, 0.717) is 28.6 Å². The van der Waals surface area contributed by atoms with Crippen molar-refractivity contribution in [2.45, 2.75) is 37.8 Å². The quantitative estimate of drug-likeness (QED) is 0.543. The zero-order valence-corrected chi connectivity index (χ0v) is 19.7. The van der Waals surface area contributed by atoms with E-state index in [1.165, 1.54) is 18.2 Å². The van der Waals surface area contributed by atoms with Gasteiger partial charge in [-0.3, -0.25) is 9.59 Å². The molecule has 0 aromatic heterocycles. The third kappa shape index (κ3) is 6.40. The van der Waals surface area contributed by atoms with Crippen molar-refractivity contribution >= 4 is 46.6 Å². The monoisotopic (exact) mass is 502 g/mol. The number of carbonyl (C=O) groups excluding carboxylic acids is 2. The fourth-order valence-electron chi connectivity index (χ4n) is 4.02. The second kappa shape index (κ2) is 9.73. The van der Waals surface area contributed by atoms with Crippen molar-refractivity contribution in [3.8, 4) is 11.5 Å². The first-order valence-electron chi connectivity index (χ1n) is 9.75. The van der Waals surface area contributed by atoms with E-state index < -0.39 is 16.9 Å². The van der Waals surface area contributed by atoms with Crippen LogP contribution < -0.4 is 20.1 Å². The van der Waals surface area contributed by atoms with Crippen molar-refractivity contribution in [2.75, 3.05) is 13.2 Å². The lowest BCUT2D eigenvalue weighted by Gasteiger charge is -2.53. The van der Waals surface area contributed by atoms with Gasteiger partial charge in [-0.25, -0.2) is 4.39 Å². The summed E-state index contributed by atoms with van der Waals surface area (Å²) in [5.74, 6) is -0.615. The number of benzene rings is 2. The minimum Gasteiger partial charge on any atom is -0.484 e. The van der Waals surface area contributed by atoms with Gasteiger partial charge in [0.05, 0.1) is 15.1 Å². The molecular formula is C22H22Cl3FN2O4. The summed E-state index contributed by atoms with van der Waals surface area (Å²) in [6, 6.07) is 8.71. The molecule has 2 aromatic rings. The summed E-state index contributed by atoms with van der Waals surface area (Å²) in [6.45, 7) is 3.33. The minimum atomic E-state index is -0.620. The van der Waals surface area contributed by atoms with Gasteiger partial charge in [0.15, 0.2) is 13.2 Å². The highest BCUT2D eigenvalue weighted by Gasteiger charge is 2.50. The maximum absolute atomic E-state index is 13.4. The number of rotatable bonds is 8. The molecule has 0 radical (unpaired) electrons. The molecule has 6 nitrogen and oxygen atoms in total. The molecular weight excluding hydrogens is 482 g/mol. The Morgan fingerprint density at radius 1 is 0.844 bits per heavy atom. The van der Waals surface area contributed by atoms with Crippen LogP contribution in [0.15, 0.2) is 36.4 Å². The maximum Gasteiger partial charge on any atom is 0.258 e. The number of ether oxygens (including phenoxy) is 2. The summed E-state index contributed by atoms with van der Waals surface area (Å²) in [5.41, 5.74) is -0.988. The van der Waals surface area contributed by atoms with E-state index in [1.54, 1.807) is 12.1 Å². The van der Waals surface area contributed by atoms with Crippen LogP contribution in [0.1, 0.15) is 26.7 Å². The zero-order valence-electron chi connectivity index (χ0n) is 17.4. The molecule has 0 bridgehead atoms. The Morgan fingerprint density at radius 2 is 1.31 bits per heavy atom. The van der Waals surface area contributed by atoms with Crippen LogP contribution in [-0.4, -0.2) is 36.1 Å². The first-order valence-corrected chi connectivity index (χ1v) is 10.9. The Balaban J connectivity index is 1.42. The molecule has 0 heterocycles. The lowest BCUT2D eigenvalue weighted by atomic mass is 9.64. The molecule has 0 unspecified atom stereocenters. The highest BCUT2D eigenvalue weighted by atomic mass is 35.5. The van der Waals surface area contributed by atoms with Crippen LogP contribution in [0.4, 0.5) is 4.39 Å². The Kier molecular flexibility index (Phi) is 7.43. The van der Waals surface area contributed by atoms with Crippen molar-refractivity contribution in [2.24, 2.45) is 0 Å². The molecule has 3 rings (SSSR count). The van der Waals surface area contributed by atoms with Crippen molar-refractivity contribution < 1.29 is 23.5 Å². The van der Waals surface area contributed by atoms with E-state index in [1.807, 2.05) is 13.8 Å². The maximum atomic E-state index is 13.4. The van der Waals surface area contributed by atoms with Crippen LogP contribution in [0.5, 0.6) is 11.5 Å². The number of halogens is 4. The first kappa shape index (κ1) is 24.4. The fourth-order valence-corrected chi connectivity index (χ4v) is 4.43. The normalized spacial score (nSPS) is 21.9. The largest absolute Gasteiger partial charge is 0.484 e. The Morgan fingerprint density at radius 3 is 1.78 bits per heavy atom. The second-order valence-electron chi connectivity index (χ2n) is 8.30. The fraction of sp³-hybridized carbons (Fsp3) is 0.364. The van der Waals surface area contributed by atoms with Gasteiger partial charge < -0.3 is 20.1 Å². The van der Waals surface area contributed by atoms with E-state index in [4.69, 9.17) is 44.3 Å². The minimum absolute atomic E-state index is 0.0209. The van der Waals surface area contributed by atoms with Gasteiger partial charge in [-0.15, -0.1) is 0 Å². The van der Waals surface area contributed by atoms with Crippen LogP contribution in [0.25, 0.3) is 0 Å². The van der Waals surface area contributed by atoms with E-state index in [0.717, 1.165) is 6.07 Å². The van der Waals surface area contributed by atoms with Crippen molar-refractivity contribution in [3.63, 3.8) is 0 Å². The molecule has 1 fully saturated rings. The molecule has 32 heavy (non-hydrogen) atoms. The third-order valence-corrected chi connectivity index (χ3v) is 6.01. The highest BCUT2D eigenvalue weighted by Crippen LogP contribution is 2.40. The summed E-state index contributed by atoms with van der Waals surface area (Å²) in [7, 11) is 0. The predicted octanol–water partition coefficient (Wildman–Crippen LogP) is 4.79. The smallest absolute Gasteiger partial charge is 0.258 e. The van der Waals surface area contributed by atoms with Crippen LogP contribution in [0.2, 0.25) is 15.1 Å². The zero-order chi connectivity index (χ0) is 23.5. The van der Waals surface area contributed by atoms with Crippen molar-refractivity contribution in [1.29, 1.82) is 0 Å². The van der Waals surface area contributed by atoms with Crippen LogP contribution in [0, 0.1) is 5.82 Å². The number of hydrogen-bond acceptors (Lipinski definition) is 4. The predicted molar refractivity (Wildman–Crippen MR) is 121 cm³/mol. The topological polar surface area (TPSA) is 76.7 Å². The molecule has 1 aliphatic rings. The van der Waals surface area contributed by atoms with Crippen molar-refractivity contribution in [1.82, 2.24) is 10.6 Å². The lowest BCUT2D eigenvalue weighted by molar-refractivity contribution is -0.129. The highest BCUT2D eigenvalue weighted by molar-refractivity contribution is 6.42. The molecule has 2 amide bonds. The van der Waals surface area contributed by atoms with Crippen LogP contribution >= 0.6 is 34.8 Å². The molecule has 2 N–H and O–H groups in total. The van der Waals surface area contributed by atoms with Crippen LogP contribution in [0.3, 0.4) is 0 Å². The molecule has 0 saturated heterocycles. The molecule has 0 atom stereocenters. The van der Waals surface area contributed by atoms with E-state index in [-0.39, 0.29) is 35.8 Å². The molecule has 0 spiro atoms. The summed E-state index contributed by atoms with van der Waals surface area (Å²) >= 11 is 17.4. The van der Waals surface area contributed by atoms with E-state index >= 15 is 0 Å². The Labute approximate surface area is 200 Å². The third-order valence-electron chi connectivity index (χ3n) is 4.97. The number of amides is 2.